The van der Waals surface area contributed by atoms with Gasteiger partial charge in [0.1, 0.15) is 0 Å². The molecule has 0 saturated heterocycles. The van der Waals surface area contributed by atoms with Crippen LogP contribution in [-0.2, 0) is 5.41 Å². The summed E-state index contributed by atoms with van der Waals surface area (Å²) in [6.45, 7) is 4.49. The third kappa shape index (κ3) is 3.13. The minimum Gasteiger partial charge on any atom is -0.436 e. The molecule has 4 aromatic carbocycles. The standard InChI is InChI=1S/C36H26N2O/c1-36(2)31-17-9-19-33(34(31)39-35-32(36)18-10-20-37-35)38-21-29-27-15-7-5-13-25(27)23-11-3-4-12-24(23)26-14-6-8-16-28(26)30(29)22-38/h3-22H,1-2H3. The molecule has 1 aliphatic carbocycles. The van der Waals surface area contributed by atoms with Gasteiger partial charge in [0.15, 0.2) is 5.75 Å². The molecular weight excluding hydrogens is 476 g/mol. The first-order valence-corrected chi connectivity index (χ1v) is 13.4. The smallest absolute Gasteiger partial charge is 0.223 e. The lowest BCUT2D eigenvalue weighted by molar-refractivity contribution is 0.400. The molecule has 0 atom stereocenters. The van der Waals surface area contributed by atoms with Crippen LogP contribution in [0.1, 0.15) is 25.0 Å². The first kappa shape index (κ1) is 22.1. The van der Waals surface area contributed by atoms with E-state index < -0.39 is 0 Å². The van der Waals surface area contributed by atoms with Gasteiger partial charge in [0.2, 0.25) is 5.88 Å². The SMILES string of the molecule is CC1(C)c2cccnc2Oc2c(-n3cc4c(c3)-c3ccccc3-c3ccccc3-c3ccccc3-4)cccc21. The van der Waals surface area contributed by atoms with Gasteiger partial charge in [0.05, 0.1) is 5.69 Å². The van der Waals surface area contributed by atoms with Gasteiger partial charge in [-0.3, -0.25) is 0 Å². The van der Waals surface area contributed by atoms with E-state index in [1.54, 1.807) is 6.20 Å². The Morgan fingerprint density at radius 2 is 1.03 bits per heavy atom. The third-order valence-corrected chi connectivity index (χ3v) is 8.36. The van der Waals surface area contributed by atoms with E-state index in [-0.39, 0.29) is 5.41 Å². The van der Waals surface area contributed by atoms with Crippen LogP contribution >= 0.6 is 0 Å². The van der Waals surface area contributed by atoms with Crippen molar-refractivity contribution < 1.29 is 4.74 Å². The second-order valence-corrected chi connectivity index (χ2v) is 10.9. The fourth-order valence-corrected chi connectivity index (χ4v) is 6.40. The maximum Gasteiger partial charge on any atom is 0.223 e. The van der Waals surface area contributed by atoms with Crippen LogP contribution in [0.5, 0.6) is 11.6 Å². The molecular formula is C36H26N2O. The van der Waals surface area contributed by atoms with Crippen molar-refractivity contribution in [2.75, 3.05) is 0 Å². The van der Waals surface area contributed by atoms with Crippen molar-refractivity contribution in [1.82, 2.24) is 9.55 Å². The predicted octanol–water partition coefficient (Wildman–Crippen LogP) is 9.29. The number of aromatic nitrogens is 2. The minimum absolute atomic E-state index is 0.226. The van der Waals surface area contributed by atoms with Crippen LogP contribution in [0.15, 0.2) is 122 Å². The summed E-state index contributed by atoms with van der Waals surface area (Å²) in [5.41, 5.74) is 12.9. The van der Waals surface area contributed by atoms with Crippen molar-refractivity contribution in [3.63, 3.8) is 0 Å². The van der Waals surface area contributed by atoms with Crippen LogP contribution < -0.4 is 4.74 Å². The summed E-state index contributed by atoms with van der Waals surface area (Å²) in [7, 11) is 0. The van der Waals surface area contributed by atoms with Gasteiger partial charge in [-0.1, -0.05) is 105 Å². The fraction of sp³-hybridized carbons (Fsp3) is 0.0833. The van der Waals surface area contributed by atoms with Gasteiger partial charge in [0, 0.05) is 46.3 Å². The molecule has 0 saturated carbocycles. The molecule has 3 nitrogen and oxygen atoms in total. The van der Waals surface area contributed by atoms with Gasteiger partial charge >= 0.3 is 0 Å². The molecule has 3 heterocycles. The Morgan fingerprint density at radius 3 is 1.56 bits per heavy atom. The number of rotatable bonds is 1. The van der Waals surface area contributed by atoms with E-state index >= 15 is 0 Å². The minimum atomic E-state index is -0.226. The number of nitrogens with zero attached hydrogens (tertiary/aromatic N) is 2. The van der Waals surface area contributed by atoms with Gasteiger partial charge in [-0.15, -0.1) is 0 Å². The number of para-hydroxylation sites is 1. The molecule has 0 amide bonds. The van der Waals surface area contributed by atoms with Crippen molar-refractivity contribution in [3.8, 4) is 61.8 Å². The second kappa shape index (κ2) is 8.05. The van der Waals surface area contributed by atoms with E-state index in [0.29, 0.717) is 5.88 Å². The number of ether oxygens (including phenoxy) is 1. The van der Waals surface area contributed by atoms with Crippen molar-refractivity contribution >= 4 is 0 Å². The molecule has 6 aromatic rings. The summed E-state index contributed by atoms with van der Waals surface area (Å²) in [5.74, 6) is 1.54. The number of hydrogen-bond donors (Lipinski definition) is 0. The second-order valence-electron chi connectivity index (χ2n) is 10.9. The maximum atomic E-state index is 6.54. The van der Waals surface area contributed by atoms with Crippen molar-refractivity contribution in [1.29, 1.82) is 0 Å². The van der Waals surface area contributed by atoms with Gasteiger partial charge in [-0.25, -0.2) is 4.98 Å². The summed E-state index contributed by atoms with van der Waals surface area (Å²) in [5, 5.41) is 0. The Labute approximate surface area is 228 Å². The maximum absolute atomic E-state index is 6.54. The van der Waals surface area contributed by atoms with Crippen LogP contribution in [0.2, 0.25) is 0 Å². The third-order valence-electron chi connectivity index (χ3n) is 8.36. The van der Waals surface area contributed by atoms with E-state index in [0.717, 1.165) is 22.6 Å². The van der Waals surface area contributed by atoms with Gasteiger partial charge < -0.3 is 9.30 Å². The summed E-state index contributed by atoms with van der Waals surface area (Å²) < 4.78 is 8.77. The van der Waals surface area contributed by atoms with Gasteiger partial charge in [0.25, 0.3) is 0 Å². The highest BCUT2D eigenvalue weighted by atomic mass is 16.5. The van der Waals surface area contributed by atoms with Crippen LogP contribution in [0.3, 0.4) is 0 Å². The van der Waals surface area contributed by atoms with E-state index in [2.05, 4.69) is 133 Å². The van der Waals surface area contributed by atoms with E-state index in [4.69, 9.17) is 4.74 Å². The number of fused-ring (bicyclic) bond motifs is 10. The molecule has 8 rings (SSSR count). The Bertz CT molecular complexity index is 1840. The molecule has 2 aromatic heterocycles. The van der Waals surface area contributed by atoms with Crippen molar-refractivity contribution in [3.05, 3.63) is 133 Å². The molecule has 186 valence electrons. The Hall–Kier alpha value is -4.89. The van der Waals surface area contributed by atoms with Crippen LogP contribution in [0.4, 0.5) is 0 Å². The molecule has 0 spiro atoms. The Morgan fingerprint density at radius 1 is 0.538 bits per heavy atom. The summed E-state index contributed by atoms with van der Waals surface area (Å²) >= 11 is 0. The lowest BCUT2D eigenvalue weighted by Crippen LogP contribution is -2.25. The van der Waals surface area contributed by atoms with E-state index in [9.17, 15) is 0 Å². The molecule has 0 unspecified atom stereocenters. The molecule has 1 aliphatic heterocycles. The monoisotopic (exact) mass is 502 g/mol. The highest BCUT2D eigenvalue weighted by Crippen LogP contribution is 2.51. The molecule has 0 N–H and O–H groups in total. The zero-order chi connectivity index (χ0) is 26.1. The predicted molar refractivity (Wildman–Crippen MR) is 158 cm³/mol. The van der Waals surface area contributed by atoms with Crippen LogP contribution in [0, 0.1) is 0 Å². The number of benzene rings is 4. The van der Waals surface area contributed by atoms with E-state index in [1.165, 1.54) is 44.5 Å². The largest absolute Gasteiger partial charge is 0.436 e. The quantitative estimate of drug-likeness (QED) is 0.224. The lowest BCUT2D eigenvalue weighted by atomic mass is 9.76. The average Bonchev–Trinajstić information content (AvgIpc) is 3.41. The zero-order valence-corrected chi connectivity index (χ0v) is 21.8. The lowest BCUT2D eigenvalue weighted by Gasteiger charge is -2.34. The van der Waals surface area contributed by atoms with Crippen molar-refractivity contribution in [2.24, 2.45) is 0 Å². The summed E-state index contributed by atoms with van der Waals surface area (Å²) in [6.07, 6.45) is 6.33. The highest BCUT2D eigenvalue weighted by molar-refractivity contribution is 6.03. The zero-order valence-electron chi connectivity index (χ0n) is 21.8. The first-order chi connectivity index (χ1) is 19.1. The number of pyridine rings is 1. The normalized spacial score (nSPS) is 13.8. The molecule has 0 radical (unpaired) electrons. The molecule has 0 bridgehead atoms. The molecule has 3 heteroatoms. The van der Waals surface area contributed by atoms with E-state index in [1.807, 2.05) is 6.07 Å². The van der Waals surface area contributed by atoms with Crippen LogP contribution in [-0.4, -0.2) is 9.55 Å². The summed E-state index contributed by atoms with van der Waals surface area (Å²) in [4.78, 5) is 4.59. The Kier molecular flexibility index (Phi) is 4.57. The highest BCUT2D eigenvalue weighted by Gasteiger charge is 2.36. The Balaban J connectivity index is 1.41. The summed E-state index contributed by atoms with van der Waals surface area (Å²) in [6, 6.07) is 36.8. The van der Waals surface area contributed by atoms with Crippen molar-refractivity contribution in [2.45, 2.75) is 19.3 Å². The van der Waals surface area contributed by atoms with Crippen LogP contribution in [0.25, 0.3) is 50.2 Å². The molecule has 0 fully saturated rings. The van der Waals surface area contributed by atoms with Gasteiger partial charge in [-0.2, -0.15) is 0 Å². The topological polar surface area (TPSA) is 27.1 Å². The average molecular weight is 503 g/mol. The number of hydrogen-bond acceptors (Lipinski definition) is 2. The fourth-order valence-electron chi connectivity index (χ4n) is 6.40. The molecule has 2 aliphatic rings. The molecule has 39 heavy (non-hydrogen) atoms. The first-order valence-electron chi connectivity index (χ1n) is 13.4. The van der Waals surface area contributed by atoms with Gasteiger partial charge in [-0.05, 0) is 45.5 Å².